The number of halogens is 2. The summed E-state index contributed by atoms with van der Waals surface area (Å²) in [6.07, 6.45) is -10.6. The van der Waals surface area contributed by atoms with Gasteiger partial charge in [-0.2, -0.15) is 0 Å². The van der Waals surface area contributed by atoms with E-state index in [2.05, 4.69) is 16.0 Å². The lowest BCUT2D eigenvalue weighted by Crippen LogP contribution is -2.61. The number of hydrogen-bond acceptors (Lipinski definition) is 24. The Hall–Kier alpha value is -8.91. The Balaban J connectivity index is 0.740. The van der Waals surface area contributed by atoms with E-state index in [1.807, 2.05) is 12.1 Å². The number of rotatable bonds is 44. The van der Waals surface area contributed by atoms with Crippen LogP contribution in [0.3, 0.4) is 0 Å². The van der Waals surface area contributed by atoms with Gasteiger partial charge in [0.2, 0.25) is 18.1 Å². The van der Waals surface area contributed by atoms with Gasteiger partial charge in [-0.3, -0.25) is 24.0 Å². The molecule has 113 heavy (non-hydrogen) atoms. The number of carbonyl (C=O) groups is 9. The number of aliphatic hydroxyl groups is 3. The number of benzene rings is 5. The average molecular weight is 1630 g/mol. The van der Waals surface area contributed by atoms with Crippen LogP contribution in [0.5, 0.6) is 11.5 Å². The highest BCUT2D eigenvalue weighted by atomic mass is 35.5. The van der Waals surface area contributed by atoms with Crippen molar-refractivity contribution >= 4 is 127 Å². The number of carbonyl (C=O) groups excluding carboxylic acids is 8. The van der Waals surface area contributed by atoms with Crippen LogP contribution >= 0.6 is 34.5 Å². The molecular formula is C78H99Cl2N9O23S. The van der Waals surface area contributed by atoms with E-state index in [-0.39, 0.29) is 135 Å². The molecule has 0 spiro atoms. The van der Waals surface area contributed by atoms with Crippen LogP contribution in [-0.4, -0.2) is 265 Å². The maximum atomic E-state index is 14.8. The van der Waals surface area contributed by atoms with E-state index in [0.717, 1.165) is 16.9 Å². The fourth-order valence-electron chi connectivity index (χ4n) is 13.2. The summed E-state index contributed by atoms with van der Waals surface area (Å²) < 4.78 is 56.0. The second-order valence-electron chi connectivity index (χ2n) is 27.5. The summed E-state index contributed by atoms with van der Waals surface area (Å²) in [5.41, 5.74) is 13.9. The summed E-state index contributed by atoms with van der Waals surface area (Å²) in [5.74, 6) is -5.22. The summed E-state index contributed by atoms with van der Waals surface area (Å²) in [6.45, 7) is 8.80. The minimum absolute atomic E-state index is 0.00331. The third-order valence-corrected chi connectivity index (χ3v) is 21.0. The number of nitrogens with one attached hydrogen (secondary N) is 3. The summed E-state index contributed by atoms with van der Waals surface area (Å²) in [6, 6.07) is 25.4. The second kappa shape index (κ2) is 43.5. The van der Waals surface area contributed by atoms with Crippen molar-refractivity contribution in [2.45, 2.75) is 94.7 Å². The maximum absolute atomic E-state index is 14.8. The van der Waals surface area contributed by atoms with Gasteiger partial charge in [0.1, 0.15) is 36.4 Å². The van der Waals surface area contributed by atoms with E-state index in [0.29, 0.717) is 122 Å². The van der Waals surface area contributed by atoms with Crippen molar-refractivity contribution in [1.82, 2.24) is 20.4 Å². The van der Waals surface area contributed by atoms with Gasteiger partial charge in [-0.1, -0.05) is 74.5 Å². The van der Waals surface area contributed by atoms with Crippen LogP contribution in [0, 0.1) is 11.8 Å². The Morgan fingerprint density at radius 2 is 1.13 bits per heavy atom. The number of ketones is 1. The number of aliphatic carboxylic acids is 1. The average Bonchev–Trinajstić information content (AvgIpc) is 1.62. The van der Waals surface area contributed by atoms with E-state index in [4.69, 9.17) is 82.0 Å². The van der Waals surface area contributed by atoms with E-state index >= 15 is 0 Å². The number of thiophene rings is 1. The van der Waals surface area contributed by atoms with Gasteiger partial charge in [-0.05, 0) is 70.5 Å². The van der Waals surface area contributed by atoms with Gasteiger partial charge in [0.25, 0.3) is 11.8 Å². The van der Waals surface area contributed by atoms with Crippen molar-refractivity contribution in [2.75, 3.05) is 160 Å². The lowest BCUT2D eigenvalue weighted by molar-refractivity contribution is -0.270. The zero-order chi connectivity index (χ0) is 81.3. The smallest absolute Gasteiger partial charge is 0.415 e. The van der Waals surface area contributed by atoms with Crippen molar-refractivity contribution in [2.24, 2.45) is 23.3 Å². The normalized spacial score (nSPS) is 18.3. The number of alkyl halides is 2. The standard InChI is InChI=1S/C78H99Cl2N9O23S/c1-46(2)66(85-63(91)21-26-103-28-30-105-32-34-107-36-37-108-35-33-106-31-29-104-27-22-81)58(90)38-48(10-9-23-83-76(82)100)71(95)84-51-17-15-47(16-18-51)45-109-77(101)86(3)24-25-87(4)78(102)111-60-40-57-65(55-14-8-6-12-53(55)60)50(42-80)44-89(57)73(97)62-20-19-61(113-62)72(96)88-43-49(41-79)64-54-13-7-5-11-52(54)59(39-56(64)88)110-75-69(94)67(92)68(93)70(112-75)74(98)99/h5-8,11-20,39-40,46,48-50,66-70,75,92-94H,9-10,21-38,41-45,81H2,1-4H3,(H,84,95)(H,85,91)(H,98,99)(H3,82,83,100)/t48-,49-,50-,66+,67?,68+,69+,70?,75-/m1/s1. The van der Waals surface area contributed by atoms with E-state index in [1.54, 1.807) is 98.8 Å². The molecule has 9 rings (SSSR count). The Morgan fingerprint density at radius 3 is 1.64 bits per heavy atom. The molecule has 614 valence electrons. The summed E-state index contributed by atoms with van der Waals surface area (Å²) in [7, 11) is 3.00. The van der Waals surface area contributed by atoms with Crippen molar-refractivity contribution < 1.29 is 111 Å². The number of hydrogen-bond donors (Lipinski definition) is 9. The van der Waals surface area contributed by atoms with Crippen LogP contribution in [0.1, 0.15) is 87.4 Å². The third kappa shape index (κ3) is 23.9. The summed E-state index contributed by atoms with van der Waals surface area (Å²) in [5, 5.41) is 52.1. The van der Waals surface area contributed by atoms with E-state index in [1.165, 1.54) is 33.7 Å². The molecule has 5 aromatic carbocycles. The number of nitrogens with zero attached hydrogens (tertiary/aromatic N) is 4. The first-order valence-electron chi connectivity index (χ1n) is 37.2. The molecule has 32 nitrogen and oxygen atoms in total. The molecule has 3 aliphatic heterocycles. The molecule has 0 bridgehead atoms. The van der Waals surface area contributed by atoms with Gasteiger partial charge >= 0.3 is 24.2 Å². The zero-order valence-electron chi connectivity index (χ0n) is 63.3. The van der Waals surface area contributed by atoms with Gasteiger partial charge in [0.05, 0.1) is 106 Å². The van der Waals surface area contributed by atoms with Gasteiger partial charge in [-0.15, -0.1) is 34.5 Å². The van der Waals surface area contributed by atoms with Crippen LogP contribution in [-0.2, 0) is 63.7 Å². The SMILES string of the molecule is CC(C)[C@H](NC(=O)CCOCCOCCOCCOCCOCCOCCN)C(=O)C[C@@H](CCCNC(N)=O)C(=O)Nc1ccc(COC(=O)N(C)CCN(C)C(=O)Oc2cc3c(c4ccccc24)[C@H](CCl)CN3C(=O)c2ccc(C(=O)N3C[C@@H](CCl)c4c3cc(O[C@@H]3OC(C(=O)O)[C@@H](O)C(O)[C@@H]3O)c3ccccc43)s2)cc1. The molecular weight excluding hydrogens is 1530 g/mol. The Kier molecular flexibility index (Phi) is 33.9. The minimum Gasteiger partial charge on any atom is -0.479 e. The van der Waals surface area contributed by atoms with Crippen LogP contribution < -0.4 is 46.7 Å². The number of amides is 8. The second-order valence-corrected chi connectivity index (χ2v) is 29.2. The molecule has 2 unspecified atom stereocenters. The molecule has 3 aliphatic rings. The quantitative estimate of drug-likeness (QED) is 0.0145. The number of ether oxygens (including phenoxy) is 10. The lowest BCUT2D eigenvalue weighted by Gasteiger charge is -2.38. The highest BCUT2D eigenvalue weighted by molar-refractivity contribution is 7.16. The minimum atomic E-state index is -1.95. The number of nitrogens with two attached hydrogens (primary N) is 2. The Morgan fingerprint density at radius 1 is 0.637 bits per heavy atom. The summed E-state index contributed by atoms with van der Waals surface area (Å²) >= 11 is 14.2. The van der Waals surface area contributed by atoms with Crippen molar-refractivity contribution in [3.8, 4) is 11.5 Å². The van der Waals surface area contributed by atoms with Crippen LogP contribution in [0.25, 0.3) is 21.5 Å². The number of fused-ring (bicyclic) bond motifs is 6. The number of primary amides is 1. The molecule has 1 saturated heterocycles. The molecule has 1 fully saturated rings. The fraction of sp³-hybridized carbons (Fsp3) is 0.500. The molecule has 9 atom stereocenters. The Labute approximate surface area is 667 Å². The maximum Gasteiger partial charge on any atom is 0.415 e. The first kappa shape index (κ1) is 88.0. The number of Topliss-reactive ketones (excluding diaryl/α,β-unsaturated/α-hetero) is 1. The highest BCUT2D eigenvalue weighted by Crippen LogP contribution is 2.49. The first-order chi connectivity index (χ1) is 54.4. The monoisotopic (exact) mass is 1630 g/mol. The summed E-state index contributed by atoms with van der Waals surface area (Å²) in [4.78, 5) is 127. The predicted molar refractivity (Wildman–Crippen MR) is 419 cm³/mol. The lowest BCUT2D eigenvalue weighted by atomic mass is 9.89. The molecule has 6 aromatic rings. The van der Waals surface area contributed by atoms with Crippen molar-refractivity contribution in [1.29, 1.82) is 0 Å². The van der Waals surface area contributed by atoms with Crippen LogP contribution in [0.4, 0.5) is 31.4 Å². The van der Waals surface area contributed by atoms with Gasteiger partial charge in [-0.25, -0.2) is 19.2 Å². The predicted octanol–water partition coefficient (Wildman–Crippen LogP) is 6.54. The number of urea groups is 1. The number of likely N-dealkylation sites (N-methyl/N-ethyl adjacent to an activating group) is 2. The fourth-order valence-corrected chi connectivity index (χ4v) is 14.6. The van der Waals surface area contributed by atoms with Crippen molar-refractivity contribution in [3.63, 3.8) is 0 Å². The highest BCUT2D eigenvalue weighted by Gasteiger charge is 2.49. The largest absolute Gasteiger partial charge is 0.479 e. The first-order valence-corrected chi connectivity index (χ1v) is 39.1. The molecule has 0 radical (unpaired) electrons. The van der Waals surface area contributed by atoms with E-state index < -0.39 is 90.5 Å². The third-order valence-electron chi connectivity index (χ3n) is 19.2. The van der Waals surface area contributed by atoms with Gasteiger partial charge < -0.3 is 115 Å². The number of carboxylic acids is 1. The van der Waals surface area contributed by atoms with Gasteiger partial charge in [0.15, 0.2) is 11.9 Å². The van der Waals surface area contributed by atoms with Crippen LogP contribution in [0.15, 0.2) is 97.1 Å². The molecule has 35 heteroatoms. The van der Waals surface area contributed by atoms with E-state index in [9.17, 15) is 63.6 Å². The molecule has 4 heterocycles. The Bertz CT molecular complexity index is 4240. The van der Waals surface area contributed by atoms with Crippen molar-refractivity contribution in [3.05, 3.63) is 124 Å². The molecule has 11 N–H and O–H groups in total. The topological polar surface area (TPSA) is 428 Å². The molecule has 8 amide bonds. The number of anilines is 3. The zero-order valence-corrected chi connectivity index (χ0v) is 65.7. The molecule has 0 saturated carbocycles. The molecule has 1 aromatic heterocycles. The number of carboxylic acid groups (broad SMARTS) is 1. The molecule has 0 aliphatic carbocycles. The number of aliphatic hydroxyl groups excluding tert-OH is 3. The van der Waals surface area contributed by atoms with Crippen LogP contribution in [0.2, 0.25) is 0 Å². The van der Waals surface area contributed by atoms with Gasteiger partial charge in [0, 0.05) is 124 Å².